The van der Waals surface area contributed by atoms with E-state index in [2.05, 4.69) is 4.90 Å². The molecule has 1 saturated heterocycles. The number of nitrogens with two attached hydrogens (primary N) is 1. The first-order valence-corrected chi connectivity index (χ1v) is 5.88. The molecular formula is C11H22N2O3. The van der Waals surface area contributed by atoms with Gasteiger partial charge in [-0.25, -0.2) is 0 Å². The van der Waals surface area contributed by atoms with E-state index in [1.807, 2.05) is 13.8 Å². The summed E-state index contributed by atoms with van der Waals surface area (Å²) in [6.45, 7) is 7.77. The average Bonchev–Trinajstić information content (AvgIpc) is 2.29. The van der Waals surface area contributed by atoms with Crippen LogP contribution in [0.25, 0.3) is 0 Å². The Kier molecular flexibility index (Phi) is 5.73. The van der Waals surface area contributed by atoms with Gasteiger partial charge in [0, 0.05) is 26.2 Å². The third-order valence-electron chi connectivity index (χ3n) is 2.71. The molecule has 2 atom stereocenters. The van der Waals surface area contributed by atoms with Gasteiger partial charge < -0.3 is 15.2 Å². The van der Waals surface area contributed by atoms with Crippen LogP contribution in [-0.4, -0.2) is 56.4 Å². The summed E-state index contributed by atoms with van der Waals surface area (Å²) in [5.74, 6) is -0.213. The van der Waals surface area contributed by atoms with Gasteiger partial charge in [0.2, 0.25) is 0 Å². The van der Waals surface area contributed by atoms with Gasteiger partial charge >= 0.3 is 5.97 Å². The van der Waals surface area contributed by atoms with Gasteiger partial charge in [-0.3, -0.25) is 9.69 Å². The number of hydrogen-bond acceptors (Lipinski definition) is 5. The van der Waals surface area contributed by atoms with Crippen LogP contribution >= 0.6 is 0 Å². The normalized spacial score (nSPS) is 24.1. The van der Waals surface area contributed by atoms with Crippen molar-refractivity contribution < 1.29 is 14.3 Å². The highest BCUT2D eigenvalue weighted by atomic mass is 16.5. The fraction of sp³-hybridized carbons (Fsp3) is 0.909. The third-order valence-corrected chi connectivity index (χ3v) is 2.71. The van der Waals surface area contributed by atoms with Crippen LogP contribution in [-0.2, 0) is 14.3 Å². The van der Waals surface area contributed by atoms with Crippen LogP contribution in [0.4, 0.5) is 0 Å². The van der Waals surface area contributed by atoms with Crippen LogP contribution in [0.5, 0.6) is 0 Å². The molecule has 5 heteroatoms. The number of esters is 1. The van der Waals surface area contributed by atoms with Crippen LogP contribution in [0.2, 0.25) is 0 Å². The zero-order valence-electron chi connectivity index (χ0n) is 10.1. The topological polar surface area (TPSA) is 64.8 Å². The standard InChI is InChI=1S/C11H22N2O3/c1-3-15-11(14)9(2)7-13-4-5-16-10(6-12)8-13/h9-10H,3-8,12H2,1-2H3. The number of nitrogens with zero attached hydrogens (tertiary/aromatic N) is 1. The van der Waals surface area contributed by atoms with Crippen molar-refractivity contribution in [2.75, 3.05) is 39.4 Å². The monoisotopic (exact) mass is 230 g/mol. The molecule has 0 spiro atoms. The first-order chi connectivity index (χ1) is 7.67. The molecule has 1 fully saturated rings. The van der Waals surface area contributed by atoms with E-state index in [9.17, 15) is 4.79 Å². The third kappa shape index (κ3) is 4.08. The van der Waals surface area contributed by atoms with Gasteiger partial charge in [0.05, 0.1) is 25.2 Å². The van der Waals surface area contributed by atoms with E-state index < -0.39 is 0 Å². The molecule has 5 nitrogen and oxygen atoms in total. The molecule has 0 aromatic rings. The van der Waals surface area contributed by atoms with Crippen molar-refractivity contribution in [3.05, 3.63) is 0 Å². The predicted molar refractivity (Wildman–Crippen MR) is 61.0 cm³/mol. The Hall–Kier alpha value is -0.650. The van der Waals surface area contributed by atoms with Gasteiger partial charge in [0.1, 0.15) is 0 Å². The SMILES string of the molecule is CCOC(=O)C(C)CN1CCOC(CN)C1. The molecule has 0 amide bonds. The van der Waals surface area contributed by atoms with Gasteiger partial charge in [0.25, 0.3) is 0 Å². The molecule has 0 bridgehead atoms. The minimum atomic E-state index is -0.127. The number of carbonyl (C=O) groups excluding carboxylic acids is 1. The van der Waals surface area contributed by atoms with Crippen molar-refractivity contribution in [1.29, 1.82) is 0 Å². The molecule has 1 heterocycles. The highest BCUT2D eigenvalue weighted by Crippen LogP contribution is 2.08. The number of carbonyl (C=O) groups is 1. The van der Waals surface area contributed by atoms with Crippen molar-refractivity contribution in [3.63, 3.8) is 0 Å². The van der Waals surface area contributed by atoms with Gasteiger partial charge in [0.15, 0.2) is 0 Å². The summed E-state index contributed by atoms with van der Waals surface area (Å²) in [6, 6.07) is 0. The first kappa shape index (κ1) is 13.4. The lowest BCUT2D eigenvalue weighted by Gasteiger charge is -2.33. The summed E-state index contributed by atoms with van der Waals surface area (Å²) in [5, 5.41) is 0. The van der Waals surface area contributed by atoms with Crippen molar-refractivity contribution in [2.24, 2.45) is 11.7 Å². The Morgan fingerprint density at radius 1 is 1.69 bits per heavy atom. The molecular weight excluding hydrogens is 208 g/mol. The fourth-order valence-electron chi connectivity index (χ4n) is 1.84. The van der Waals surface area contributed by atoms with E-state index in [0.717, 1.165) is 19.6 Å². The average molecular weight is 230 g/mol. The summed E-state index contributed by atoms with van der Waals surface area (Å²) in [6.07, 6.45) is 0.100. The van der Waals surface area contributed by atoms with Crippen molar-refractivity contribution in [3.8, 4) is 0 Å². The molecule has 94 valence electrons. The molecule has 2 unspecified atom stereocenters. The number of rotatable bonds is 5. The Labute approximate surface area is 96.9 Å². The quantitative estimate of drug-likeness (QED) is 0.665. The Bertz CT molecular complexity index is 223. The van der Waals surface area contributed by atoms with Crippen molar-refractivity contribution >= 4 is 5.97 Å². The molecule has 0 aromatic heterocycles. The number of ether oxygens (including phenoxy) is 2. The van der Waals surface area contributed by atoms with Crippen LogP contribution in [0.1, 0.15) is 13.8 Å². The summed E-state index contributed by atoms with van der Waals surface area (Å²) >= 11 is 0. The highest BCUT2D eigenvalue weighted by molar-refractivity contribution is 5.72. The van der Waals surface area contributed by atoms with Crippen molar-refractivity contribution in [1.82, 2.24) is 4.90 Å². The van der Waals surface area contributed by atoms with E-state index in [-0.39, 0.29) is 18.0 Å². The van der Waals surface area contributed by atoms with E-state index in [0.29, 0.717) is 19.8 Å². The molecule has 1 aliphatic heterocycles. The fourth-order valence-corrected chi connectivity index (χ4v) is 1.84. The van der Waals surface area contributed by atoms with E-state index in [1.165, 1.54) is 0 Å². The molecule has 16 heavy (non-hydrogen) atoms. The lowest BCUT2D eigenvalue weighted by molar-refractivity contribution is -0.148. The summed E-state index contributed by atoms with van der Waals surface area (Å²) in [4.78, 5) is 13.7. The Balaban J connectivity index is 2.32. The molecule has 0 saturated carbocycles. The Morgan fingerprint density at radius 3 is 3.06 bits per heavy atom. The zero-order chi connectivity index (χ0) is 12.0. The summed E-state index contributed by atoms with van der Waals surface area (Å²) in [5.41, 5.74) is 5.56. The number of hydrogen-bond donors (Lipinski definition) is 1. The second-order valence-electron chi connectivity index (χ2n) is 4.14. The van der Waals surface area contributed by atoms with E-state index >= 15 is 0 Å². The predicted octanol–water partition coefficient (Wildman–Crippen LogP) is -0.155. The molecule has 0 aliphatic carbocycles. The van der Waals surface area contributed by atoms with E-state index in [4.69, 9.17) is 15.2 Å². The second kappa shape index (κ2) is 6.83. The maximum atomic E-state index is 11.5. The smallest absolute Gasteiger partial charge is 0.309 e. The first-order valence-electron chi connectivity index (χ1n) is 5.88. The van der Waals surface area contributed by atoms with Crippen LogP contribution in [0.15, 0.2) is 0 Å². The van der Waals surface area contributed by atoms with E-state index in [1.54, 1.807) is 0 Å². The van der Waals surface area contributed by atoms with Gasteiger partial charge in [-0.1, -0.05) is 6.92 Å². The molecule has 0 aromatic carbocycles. The molecule has 2 N–H and O–H groups in total. The summed E-state index contributed by atoms with van der Waals surface area (Å²) in [7, 11) is 0. The maximum Gasteiger partial charge on any atom is 0.309 e. The zero-order valence-corrected chi connectivity index (χ0v) is 10.1. The second-order valence-corrected chi connectivity index (χ2v) is 4.14. The minimum Gasteiger partial charge on any atom is -0.466 e. The molecule has 1 rings (SSSR count). The Morgan fingerprint density at radius 2 is 2.44 bits per heavy atom. The minimum absolute atomic E-state index is 0.0866. The van der Waals surface area contributed by atoms with Crippen molar-refractivity contribution in [2.45, 2.75) is 20.0 Å². The largest absolute Gasteiger partial charge is 0.466 e. The maximum absolute atomic E-state index is 11.5. The highest BCUT2D eigenvalue weighted by Gasteiger charge is 2.23. The molecule has 1 aliphatic rings. The van der Waals surface area contributed by atoms with Crippen LogP contribution in [0, 0.1) is 5.92 Å². The lowest BCUT2D eigenvalue weighted by atomic mass is 10.1. The number of morpholine rings is 1. The molecule has 0 radical (unpaired) electrons. The summed E-state index contributed by atoms with van der Waals surface area (Å²) < 4.78 is 10.4. The van der Waals surface area contributed by atoms with Gasteiger partial charge in [-0.2, -0.15) is 0 Å². The van der Waals surface area contributed by atoms with Gasteiger partial charge in [-0.15, -0.1) is 0 Å². The lowest BCUT2D eigenvalue weighted by Crippen LogP contribution is -2.47. The van der Waals surface area contributed by atoms with Crippen LogP contribution < -0.4 is 5.73 Å². The van der Waals surface area contributed by atoms with Crippen LogP contribution in [0.3, 0.4) is 0 Å². The van der Waals surface area contributed by atoms with Gasteiger partial charge in [-0.05, 0) is 6.92 Å².